The molecule has 0 bridgehead atoms. The summed E-state index contributed by atoms with van der Waals surface area (Å²) in [5.41, 5.74) is 9.22. The first-order chi connectivity index (χ1) is 24.2. The van der Waals surface area contributed by atoms with Crippen molar-refractivity contribution in [2.24, 2.45) is 0 Å². The van der Waals surface area contributed by atoms with Crippen LogP contribution in [0.25, 0.3) is 94.0 Å². The van der Waals surface area contributed by atoms with Gasteiger partial charge in [-0.15, -0.1) is 0 Å². The van der Waals surface area contributed by atoms with Gasteiger partial charge in [-0.05, 0) is 57.3 Å². The van der Waals surface area contributed by atoms with E-state index in [1.54, 1.807) is 0 Å². The van der Waals surface area contributed by atoms with Gasteiger partial charge in [0.1, 0.15) is 11.2 Å². The lowest BCUT2D eigenvalue weighted by Crippen LogP contribution is -2.00. The summed E-state index contributed by atoms with van der Waals surface area (Å²) in [5.74, 6) is 1.78. The topological polar surface area (TPSA) is 56.2 Å². The number of aromatic nitrogens is 3. The van der Waals surface area contributed by atoms with Crippen molar-refractivity contribution in [1.82, 2.24) is 15.0 Å². The summed E-state index contributed by atoms with van der Waals surface area (Å²) >= 11 is 0. The number of para-hydroxylation sites is 1. The van der Waals surface area contributed by atoms with Crippen LogP contribution in [0.2, 0.25) is 0 Å². The Kier molecular flexibility index (Phi) is 6.78. The van der Waals surface area contributed by atoms with Crippen LogP contribution in [0, 0.1) is 6.57 Å². The summed E-state index contributed by atoms with van der Waals surface area (Å²) in [6, 6.07) is 53.1. The Morgan fingerprint density at radius 3 is 1.71 bits per heavy atom. The van der Waals surface area contributed by atoms with E-state index in [2.05, 4.69) is 83.7 Å². The van der Waals surface area contributed by atoms with Crippen molar-refractivity contribution < 1.29 is 4.42 Å². The largest absolute Gasteiger partial charge is 0.456 e. The molecule has 5 nitrogen and oxygen atoms in total. The molecular weight excluding hydrogens is 601 g/mol. The smallest absolute Gasteiger partial charge is 0.187 e. The summed E-state index contributed by atoms with van der Waals surface area (Å²) < 4.78 is 6.21. The van der Waals surface area contributed by atoms with Crippen LogP contribution in [0.5, 0.6) is 0 Å². The minimum absolute atomic E-state index is 0.586. The molecule has 0 unspecified atom stereocenters. The second-order valence-electron chi connectivity index (χ2n) is 11.9. The molecule has 0 atom stereocenters. The first kappa shape index (κ1) is 28.3. The van der Waals surface area contributed by atoms with Crippen LogP contribution in [0.1, 0.15) is 0 Å². The number of hydrogen-bond donors (Lipinski definition) is 0. The normalized spacial score (nSPS) is 11.2. The number of fused-ring (bicyclic) bond motifs is 4. The molecule has 0 saturated carbocycles. The molecule has 0 aliphatic rings. The van der Waals surface area contributed by atoms with Gasteiger partial charge in [-0.2, -0.15) is 0 Å². The van der Waals surface area contributed by atoms with Gasteiger partial charge in [0.05, 0.1) is 6.57 Å². The lowest BCUT2D eigenvalue weighted by molar-refractivity contribution is 0.669. The highest BCUT2D eigenvalue weighted by atomic mass is 16.3. The maximum absolute atomic E-state index is 7.49. The third kappa shape index (κ3) is 5.00. The maximum atomic E-state index is 7.49. The average Bonchev–Trinajstić information content (AvgIpc) is 3.57. The van der Waals surface area contributed by atoms with Gasteiger partial charge >= 0.3 is 0 Å². The fourth-order valence-corrected chi connectivity index (χ4v) is 6.67. The molecule has 0 aliphatic heterocycles. The van der Waals surface area contributed by atoms with E-state index in [0.29, 0.717) is 23.2 Å². The zero-order chi connectivity index (χ0) is 32.7. The average molecular weight is 627 g/mol. The molecule has 2 aromatic heterocycles. The van der Waals surface area contributed by atoms with E-state index in [1.807, 2.05) is 78.9 Å². The SMILES string of the molecule is [C-]#[N+]c1cccc(-c2ccc(-c3cccc(-c4nc(-c5ccccc5)nc(-c5cccc6oc7ccccc7c56)n4)c3)c3ccccc23)c1. The molecule has 228 valence electrons. The molecule has 0 saturated heterocycles. The van der Waals surface area contributed by atoms with Gasteiger partial charge in [0.15, 0.2) is 23.2 Å². The molecule has 0 spiro atoms. The van der Waals surface area contributed by atoms with Gasteiger partial charge in [-0.1, -0.05) is 133 Å². The number of rotatable bonds is 5. The Hall–Kier alpha value is -6.90. The summed E-state index contributed by atoms with van der Waals surface area (Å²) in [6.45, 7) is 7.49. The zero-order valence-electron chi connectivity index (χ0n) is 26.2. The molecule has 2 heterocycles. The number of hydrogen-bond acceptors (Lipinski definition) is 4. The van der Waals surface area contributed by atoms with Crippen LogP contribution >= 0.6 is 0 Å². The van der Waals surface area contributed by atoms with Gasteiger partial charge in [-0.3, -0.25) is 0 Å². The second-order valence-corrected chi connectivity index (χ2v) is 11.9. The van der Waals surface area contributed by atoms with Crippen molar-refractivity contribution in [3.05, 3.63) is 169 Å². The highest BCUT2D eigenvalue weighted by Crippen LogP contribution is 2.39. The molecule has 49 heavy (non-hydrogen) atoms. The van der Waals surface area contributed by atoms with Crippen molar-refractivity contribution in [1.29, 1.82) is 0 Å². The summed E-state index contributed by atoms with van der Waals surface area (Å²) in [4.78, 5) is 18.8. The molecule has 0 fully saturated rings. The van der Waals surface area contributed by atoms with Gasteiger partial charge < -0.3 is 4.42 Å². The van der Waals surface area contributed by atoms with Crippen LogP contribution in [0.4, 0.5) is 5.69 Å². The molecule has 9 aromatic rings. The van der Waals surface area contributed by atoms with Crippen molar-refractivity contribution in [3.63, 3.8) is 0 Å². The van der Waals surface area contributed by atoms with Crippen molar-refractivity contribution in [3.8, 4) is 56.4 Å². The van der Waals surface area contributed by atoms with Crippen LogP contribution in [0.15, 0.2) is 162 Å². The predicted octanol–water partition coefficient (Wildman–Crippen LogP) is 11.8. The molecule has 5 heteroatoms. The highest BCUT2D eigenvalue weighted by molar-refractivity contribution is 6.12. The first-order valence-electron chi connectivity index (χ1n) is 16.1. The monoisotopic (exact) mass is 626 g/mol. The van der Waals surface area contributed by atoms with Gasteiger partial charge in [-0.25, -0.2) is 19.8 Å². The Morgan fingerprint density at radius 2 is 0.959 bits per heavy atom. The van der Waals surface area contributed by atoms with E-state index < -0.39 is 0 Å². The molecule has 0 aliphatic carbocycles. The number of benzene rings is 7. The zero-order valence-corrected chi connectivity index (χ0v) is 26.2. The summed E-state index contributed by atoms with van der Waals surface area (Å²) in [5, 5.41) is 4.26. The van der Waals surface area contributed by atoms with E-state index in [1.165, 1.54) is 0 Å². The van der Waals surface area contributed by atoms with Crippen LogP contribution in [0.3, 0.4) is 0 Å². The molecular formula is C44H26N4O. The lowest BCUT2D eigenvalue weighted by atomic mass is 9.91. The van der Waals surface area contributed by atoms with E-state index >= 15 is 0 Å². The van der Waals surface area contributed by atoms with Gasteiger partial charge in [0.25, 0.3) is 0 Å². The van der Waals surface area contributed by atoms with Crippen molar-refractivity contribution in [2.45, 2.75) is 0 Å². The van der Waals surface area contributed by atoms with Crippen LogP contribution in [-0.2, 0) is 0 Å². The third-order valence-electron chi connectivity index (χ3n) is 8.95. The fraction of sp³-hybridized carbons (Fsp3) is 0. The predicted molar refractivity (Wildman–Crippen MR) is 198 cm³/mol. The highest BCUT2D eigenvalue weighted by Gasteiger charge is 2.18. The van der Waals surface area contributed by atoms with Crippen LogP contribution in [-0.4, -0.2) is 15.0 Å². The summed E-state index contributed by atoms with van der Waals surface area (Å²) in [6.07, 6.45) is 0. The Balaban J connectivity index is 1.22. The van der Waals surface area contributed by atoms with Crippen molar-refractivity contribution in [2.75, 3.05) is 0 Å². The minimum atomic E-state index is 0.586. The first-order valence-corrected chi connectivity index (χ1v) is 16.1. The standard InChI is InChI=1S/C44H26N4O/c1-45-32-17-10-15-30(27-32)34-25-24-33(35-18-5-6-19-36(34)35)29-14-9-16-31(26-29)43-46-42(28-12-3-2-4-13-28)47-44(48-43)38-21-11-23-40-41(38)37-20-7-8-22-39(37)49-40/h2-27H. The van der Waals surface area contributed by atoms with Crippen LogP contribution < -0.4 is 0 Å². The van der Waals surface area contributed by atoms with Gasteiger partial charge in [0.2, 0.25) is 0 Å². The minimum Gasteiger partial charge on any atom is -0.456 e. The van der Waals surface area contributed by atoms with E-state index in [-0.39, 0.29) is 0 Å². The quantitative estimate of drug-likeness (QED) is 0.178. The second kappa shape index (κ2) is 11.7. The molecule has 7 aromatic carbocycles. The Morgan fingerprint density at radius 1 is 0.408 bits per heavy atom. The fourth-order valence-electron chi connectivity index (χ4n) is 6.67. The number of furan rings is 1. The van der Waals surface area contributed by atoms with E-state index in [4.69, 9.17) is 25.9 Å². The van der Waals surface area contributed by atoms with Gasteiger partial charge in [0, 0.05) is 27.5 Å². The van der Waals surface area contributed by atoms with Crippen molar-refractivity contribution >= 4 is 38.4 Å². The molecule has 0 amide bonds. The molecule has 0 radical (unpaired) electrons. The van der Waals surface area contributed by atoms with E-state index in [0.717, 1.165) is 71.7 Å². The maximum Gasteiger partial charge on any atom is 0.187 e. The Bertz CT molecular complexity index is 2740. The third-order valence-corrected chi connectivity index (χ3v) is 8.95. The number of nitrogens with zero attached hydrogens (tertiary/aromatic N) is 4. The molecule has 0 N–H and O–H groups in total. The molecule has 9 rings (SSSR count). The summed E-state index contributed by atoms with van der Waals surface area (Å²) in [7, 11) is 0. The lowest BCUT2D eigenvalue weighted by Gasteiger charge is -2.14. The van der Waals surface area contributed by atoms with E-state index in [9.17, 15) is 0 Å². The Labute approximate surface area is 282 Å².